The van der Waals surface area contributed by atoms with Crippen molar-refractivity contribution in [1.82, 2.24) is 29.7 Å². The summed E-state index contributed by atoms with van der Waals surface area (Å²) in [5.74, 6) is 0. The minimum atomic E-state index is 0.427. The summed E-state index contributed by atoms with van der Waals surface area (Å²) in [6, 6.07) is 4.39. The Balaban J connectivity index is 1.62. The lowest BCUT2D eigenvalue weighted by molar-refractivity contribution is 0.245. The number of hydrogen-bond donors (Lipinski definition) is 1. The lowest BCUT2D eigenvalue weighted by Gasteiger charge is -2.22. The Labute approximate surface area is 116 Å². The second-order valence-corrected chi connectivity index (χ2v) is 5.20. The lowest BCUT2D eigenvalue weighted by Crippen LogP contribution is -2.23. The molecule has 4 heterocycles. The first-order chi connectivity index (χ1) is 9.92. The molecule has 6 heteroatoms. The molecule has 4 rings (SSSR count). The van der Waals surface area contributed by atoms with Crippen LogP contribution in [0.2, 0.25) is 0 Å². The quantitative estimate of drug-likeness (QED) is 0.786. The number of H-pyrrole nitrogens is 1. The van der Waals surface area contributed by atoms with E-state index in [1.807, 2.05) is 35.4 Å². The molecule has 0 saturated carbocycles. The molecule has 1 saturated heterocycles. The van der Waals surface area contributed by atoms with Gasteiger partial charge in [0.15, 0.2) is 5.65 Å². The van der Waals surface area contributed by atoms with E-state index in [1.54, 1.807) is 0 Å². The van der Waals surface area contributed by atoms with Crippen LogP contribution in [0.3, 0.4) is 0 Å². The molecular formula is C14H16N6. The van der Waals surface area contributed by atoms with Gasteiger partial charge in [-0.2, -0.15) is 10.2 Å². The van der Waals surface area contributed by atoms with Crippen LogP contribution in [0.1, 0.15) is 30.1 Å². The predicted molar refractivity (Wildman–Crippen MR) is 74.0 cm³/mol. The van der Waals surface area contributed by atoms with E-state index in [9.17, 15) is 0 Å². The van der Waals surface area contributed by atoms with Crippen molar-refractivity contribution in [3.63, 3.8) is 0 Å². The van der Waals surface area contributed by atoms with Crippen molar-refractivity contribution >= 4 is 5.65 Å². The standard InChI is InChI=1S/C14H16N6/c1-3-13(12-4-6-16-18-12)19(7-1)10-11-9-17-20-8-2-5-15-14(11)20/h2,4-6,8-9,13H,1,3,7,10H2,(H,16,18)/t13-/m0/s1. The van der Waals surface area contributed by atoms with Crippen molar-refractivity contribution in [2.75, 3.05) is 6.54 Å². The van der Waals surface area contributed by atoms with Gasteiger partial charge in [0.1, 0.15) is 0 Å². The second-order valence-electron chi connectivity index (χ2n) is 5.20. The summed E-state index contributed by atoms with van der Waals surface area (Å²) >= 11 is 0. The minimum Gasteiger partial charge on any atom is -0.290 e. The Hall–Kier alpha value is -2.21. The lowest BCUT2D eigenvalue weighted by atomic mass is 10.1. The van der Waals surface area contributed by atoms with Gasteiger partial charge in [-0.05, 0) is 31.5 Å². The third-order valence-corrected chi connectivity index (χ3v) is 3.97. The Morgan fingerprint density at radius 3 is 3.25 bits per heavy atom. The van der Waals surface area contributed by atoms with Gasteiger partial charge in [0, 0.05) is 30.7 Å². The highest BCUT2D eigenvalue weighted by atomic mass is 15.3. The molecular weight excluding hydrogens is 252 g/mol. The maximum Gasteiger partial charge on any atom is 0.159 e. The van der Waals surface area contributed by atoms with E-state index in [2.05, 4.69) is 31.2 Å². The first kappa shape index (κ1) is 11.6. The molecule has 0 radical (unpaired) electrons. The van der Waals surface area contributed by atoms with Gasteiger partial charge in [0.2, 0.25) is 0 Å². The molecule has 20 heavy (non-hydrogen) atoms. The van der Waals surface area contributed by atoms with Crippen molar-refractivity contribution in [3.8, 4) is 0 Å². The van der Waals surface area contributed by atoms with Gasteiger partial charge in [0.25, 0.3) is 0 Å². The molecule has 3 aromatic heterocycles. The minimum absolute atomic E-state index is 0.427. The number of aromatic amines is 1. The summed E-state index contributed by atoms with van der Waals surface area (Å²) in [5, 5.41) is 11.5. The van der Waals surface area contributed by atoms with Crippen LogP contribution >= 0.6 is 0 Å². The Bertz CT molecular complexity index is 701. The third-order valence-electron chi connectivity index (χ3n) is 3.97. The van der Waals surface area contributed by atoms with Crippen molar-refractivity contribution in [3.05, 3.63) is 48.2 Å². The molecule has 102 valence electrons. The Morgan fingerprint density at radius 1 is 1.35 bits per heavy atom. The third kappa shape index (κ3) is 1.89. The van der Waals surface area contributed by atoms with Gasteiger partial charge in [-0.15, -0.1) is 0 Å². The normalized spacial score (nSPS) is 19.9. The van der Waals surface area contributed by atoms with E-state index < -0.39 is 0 Å². The average molecular weight is 268 g/mol. The van der Waals surface area contributed by atoms with Crippen LogP contribution in [-0.2, 0) is 6.54 Å². The molecule has 0 aromatic carbocycles. The molecule has 0 spiro atoms. The van der Waals surface area contributed by atoms with Crippen LogP contribution < -0.4 is 0 Å². The molecule has 1 N–H and O–H groups in total. The van der Waals surface area contributed by atoms with E-state index >= 15 is 0 Å². The number of aromatic nitrogens is 5. The van der Waals surface area contributed by atoms with Crippen molar-refractivity contribution in [2.24, 2.45) is 0 Å². The molecule has 0 aliphatic carbocycles. The highest BCUT2D eigenvalue weighted by Gasteiger charge is 2.27. The highest BCUT2D eigenvalue weighted by Crippen LogP contribution is 2.32. The van der Waals surface area contributed by atoms with Gasteiger partial charge in [-0.25, -0.2) is 9.50 Å². The molecule has 0 amide bonds. The molecule has 1 aliphatic heterocycles. The fourth-order valence-electron chi connectivity index (χ4n) is 3.03. The van der Waals surface area contributed by atoms with Crippen molar-refractivity contribution in [1.29, 1.82) is 0 Å². The number of nitrogens with one attached hydrogen (secondary N) is 1. The highest BCUT2D eigenvalue weighted by molar-refractivity contribution is 5.45. The SMILES string of the molecule is c1cnc2c(CN3CCC[C@H]3c3ccn[nH]3)cnn2c1. The van der Waals surface area contributed by atoms with Crippen LogP contribution in [0.15, 0.2) is 36.9 Å². The summed E-state index contributed by atoms with van der Waals surface area (Å²) in [4.78, 5) is 6.90. The fourth-order valence-corrected chi connectivity index (χ4v) is 3.03. The van der Waals surface area contributed by atoms with E-state index in [4.69, 9.17) is 0 Å². The molecule has 1 aliphatic rings. The van der Waals surface area contributed by atoms with Gasteiger partial charge < -0.3 is 0 Å². The topological polar surface area (TPSA) is 62.1 Å². The Morgan fingerprint density at radius 2 is 2.35 bits per heavy atom. The molecule has 6 nitrogen and oxygen atoms in total. The van der Waals surface area contributed by atoms with Crippen LogP contribution in [-0.4, -0.2) is 36.2 Å². The van der Waals surface area contributed by atoms with Crippen LogP contribution in [0.5, 0.6) is 0 Å². The number of rotatable bonds is 3. The monoisotopic (exact) mass is 268 g/mol. The molecule has 0 bridgehead atoms. The zero-order valence-electron chi connectivity index (χ0n) is 11.1. The van der Waals surface area contributed by atoms with Crippen LogP contribution in [0, 0.1) is 0 Å². The number of likely N-dealkylation sites (tertiary alicyclic amines) is 1. The summed E-state index contributed by atoms with van der Waals surface area (Å²) in [6.45, 7) is 1.98. The van der Waals surface area contributed by atoms with Gasteiger partial charge in [-0.3, -0.25) is 10.00 Å². The average Bonchev–Trinajstić information content (AvgIpc) is 3.19. The number of fused-ring (bicyclic) bond motifs is 1. The first-order valence-corrected chi connectivity index (χ1v) is 6.92. The number of nitrogens with zero attached hydrogens (tertiary/aromatic N) is 5. The summed E-state index contributed by atoms with van der Waals surface area (Å²) < 4.78 is 1.83. The van der Waals surface area contributed by atoms with Gasteiger partial charge >= 0.3 is 0 Å². The zero-order chi connectivity index (χ0) is 13.4. The maximum absolute atomic E-state index is 4.42. The maximum atomic E-state index is 4.42. The van der Waals surface area contributed by atoms with Crippen molar-refractivity contribution in [2.45, 2.75) is 25.4 Å². The van der Waals surface area contributed by atoms with Gasteiger partial charge in [0.05, 0.1) is 17.9 Å². The van der Waals surface area contributed by atoms with E-state index in [-0.39, 0.29) is 0 Å². The molecule has 1 fully saturated rings. The smallest absolute Gasteiger partial charge is 0.159 e. The summed E-state index contributed by atoms with van der Waals surface area (Å²) in [5.41, 5.74) is 3.33. The molecule has 1 atom stereocenters. The number of hydrogen-bond acceptors (Lipinski definition) is 4. The Kier molecular flexibility index (Phi) is 2.74. The predicted octanol–water partition coefficient (Wildman–Crippen LogP) is 1.79. The largest absolute Gasteiger partial charge is 0.290 e. The molecule has 3 aromatic rings. The van der Waals surface area contributed by atoms with E-state index in [0.29, 0.717) is 6.04 Å². The molecule has 0 unspecified atom stereocenters. The first-order valence-electron chi connectivity index (χ1n) is 6.92. The summed E-state index contributed by atoms with van der Waals surface area (Å²) in [7, 11) is 0. The van der Waals surface area contributed by atoms with E-state index in [0.717, 1.165) is 18.7 Å². The zero-order valence-corrected chi connectivity index (χ0v) is 11.1. The van der Waals surface area contributed by atoms with E-state index in [1.165, 1.54) is 24.1 Å². The van der Waals surface area contributed by atoms with Crippen LogP contribution in [0.25, 0.3) is 5.65 Å². The summed E-state index contributed by atoms with van der Waals surface area (Å²) in [6.07, 6.45) is 9.89. The second kappa shape index (κ2) is 4.72. The van der Waals surface area contributed by atoms with Crippen LogP contribution in [0.4, 0.5) is 0 Å². The fraction of sp³-hybridized carbons (Fsp3) is 0.357. The van der Waals surface area contributed by atoms with Crippen molar-refractivity contribution < 1.29 is 0 Å². The van der Waals surface area contributed by atoms with Gasteiger partial charge in [-0.1, -0.05) is 0 Å².